The van der Waals surface area contributed by atoms with Gasteiger partial charge >= 0.3 is 5.69 Å². The number of fused-ring (bicyclic) bond motifs is 1. The molecular weight excluding hydrogens is 287 g/mol. The zero-order valence-corrected chi connectivity index (χ0v) is 11.0. The van der Waals surface area contributed by atoms with E-state index in [-0.39, 0.29) is 22.0 Å². The van der Waals surface area contributed by atoms with Gasteiger partial charge in [-0.15, -0.1) is 0 Å². The Kier molecular flexibility index (Phi) is 2.72. The standard InChI is InChI=1S/C12H8ClFN4O2/c1-18-10-8(11(19)17-12(18)20)15-9(16-10)6-3-2-5(14)4-7(6)13/h2-4H,1H3,(H,15,16)(H,17,19,20). The Hall–Kier alpha value is -2.41. The van der Waals surface area contributed by atoms with Gasteiger partial charge in [0, 0.05) is 12.6 Å². The number of hydrogen-bond donors (Lipinski definition) is 2. The number of nitrogens with one attached hydrogen (secondary N) is 2. The summed E-state index contributed by atoms with van der Waals surface area (Å²) >= 11 is 5.95. The highest BCUT2D eigenvalue weighted by Gasteiger charge is 2.14. The van der Waals surface area contributed by atoms with Crippen molar-refractivity contribution in [1.29, 1.82) is 0 Å². The van der Waals surface area contributed by atoms with Crippen molar-refractivity contribution in [3.63, 3.8) is 0 Å². The first-order chi connectivity index (χ1) is 9.47. The highest BCUT2D eigenvalue weighted by molar-refractivity contribution is 6.33. The van der Waals surface area contributed by atoms with Gasteiger partial charge in [0.25, 0.3) is 5.56 Å². The largest absolute Gasteiger partial charge is 0.332 e. The van der Waals surface area contributed by atoms with E-state index in [1.807, 2.05) is 0 Å². The minimum Gasteiger partial charge on any atom is -0.332 e. The molecule has 0 saturated carbocycles. The molecule has 2 aromatic heterocycles. The minimum atomic E-state index is -0.569. The van der Waals surface area contributed by atoms with Crippen molar-refractivity contribution in [1.82, 2.24) is 19.5 Å². The van der Waals surface area contributed by atoms with Crippen LogP contribution in [0.25, 0.3) is 22.6 Å². The molecule has 0 aliphatic rings. The molecule has 0 fully saturated rings. The lowest BCUT2D eigenvalue weighted by molar-refractivity contribution is 0.628. The number of halogens is 2. The van der Waals surface area contributed by atoms with E-state index in [9.17, 15) is 14.0 Å². The second-order valence-corrected chi connectivity index (χ2v) is 4.63. The van der Waals surface area contributed by atoms with Crippen LogP contribution < -0.4 is 11.2 Å². The zero-order valence-electron chi connectivity index (χ0n) is 10.2. The van der Waals surface area contributed by atoms with Gasteiger partial charge < -0.3 is 4.98 Å². The summed E-state index contributed by atoms with van der Waals surface area (Å²) < 4.78 is 14.2. The van der Waals surface area contributed by atoms with E-state index in [0.29, 0.717) is 5.56 Å². The lowest BCUT2D eigenvalue weighted by Crippen LogP contribution is -2.28. The van der Waals surface area contributed by atoms with E-state index in [1.165, 1.54) is 23.7 Å². The predicted molar refractivity (Wildman–Crippen MR) is 72.4 cm³/mol. The Morgan fingerprint density at radius 3 is 2.75 bits per heavy atom. The van der Waals surface area contributed by atoms with Crippen molar-refractivity contribution >= 4 is 22.8 Å². The Morgan fingerprint density at radius 1 is 1.30 bits per heavy atom. The fraction of sp³-hybridized carbons (Fsp3) is 0.0833. The molecule has 0 spiro atoms. The van der Waals surface area contributed by atoms with Crippen LogP contribution in [-0.4, -0.2) is 19.5 Å². The average Bonchev–Trinajstić information content (AvgIpc) is 2.81. The van der Waals surface area contributed by atoms with Gasteiger partial charge in [-0.1, -0.05) is 11.6 Å². The van der Waals surface area contributed by atoms with Gasteiger partial charge in [-0.2, -0.15) is 0 Å². The molecule has 2 N–H and O–H groups in total. The van der Waals surface area contributed by atoms with E-state index < -0.39 is 17.1 Å². The summed E-state index contributed by atoms with van der Waals surface area (Å²) in [7, 11) is 1.48. The highest BCUT2D eigenvalue weighted by Crippen LogP contribution is 2.27. The molecule has 3 rings (SSSR count). The monoisotopic (exact) mass is 294 g/mol. The van der Waals surface area contributed by atoms with Crippen LogP contribution in [0.2, 0.25) is 5.02 Å². The molecule has 20 heavy (non-hydrogen) atoms. The maximum Gasteiger partial charge on any atom is 0.329 e. The molecule has 1 aromatic carbocycles. The third-order valence-corrected chi connectivity index (χ3v) is 3.25. The van der Waals surface area contributed by atoms with Gasteiger partial charge in [-0.3, -0.25) is 14.3 Å². The molecule has 0 atom stereocenters. The number of H-pyrrole nitrogens is 2. The number of aromatic nitrogens is 4. The average molecular weight is 295 g/mol. The number of hydrogen-bond acceptors (Lipinski definition) is 3. The van der Waals surface area contributed by atoms with Crippen molar-refractivity contribution in [3.8, 4) is 11.4 Å². The maximum atomic E-state index is 13.0. The normalized spacial score (nSPS) is 11.2. The van der Waals surface area contributed by atoms with Gasteiger partial charge in [0.05, 0.1) is 5.02 Å². The van der Waals surface area contributed by atoms with Gasteiger partial charge in [0.1, 0.15) is 17.2 Å². The molecule has 0 aliphatic carbocycles. The first-order valence-corrected chi connectivity index (χ1v) is 5.99. The summed E-state index contributed by atoms with van der Waals surface area (Å²) in [6.45, 7) is 0. The van der Waals surface area contributed by atoms with Crippen molar-refractivity contribution in [2.45, 2.75) is 0 Å². The SMILES string of the molecule is Cn1c(=O)[nH]c(=O)c2[nH]c(-c3ccc(F)cc3Cl)nc21. The fourth-order valence-electron chi connectivity index (χ4n) is 1.91. The van der Waals surface area contributed by atoms with E-state index in [2.05, 4.69) is 15.0 Å². The smallest absolute Gasteiger partial charge is 0.329 e. The van der Waals surface area contributed by atoms with E-state index in [1.54, 1.807) is 0 Å². The third-order valence-electron chi connectivity index (χ3n) is 2.94. The van der Waals surface area contributed by atoms with Gasteiger partial charge in [0.15, 0.2) is 5.65 Å². The molecular formula is C12H8ClFN4O2. The molecule has 2 heterocycles. The third kappa shape index (κ3) is 1.83. The Morgan fingerprint density at radius 2 is 2.05 bits per heavy atom. The second-order valence-electron chi connectivity index (χ2n) is 4.23. The van der Waals surface area contributed by atoms with Crippen LogP contribution in [0.3, 0.4) is 0 Å². The first-order valence-electron chi connectivity index (χ1n) is 5.62. The van der Waals surface area contributed by atoms with Crippen molar-refractivity contribution in [3.05, 3.63) is 49.9 Å². The molecule has 0 radical (unpaired) electrons. The topological polar surface area (TPSA) is 83.5 Å². The summed E-state index contributed by atoms with van der Waals surface area (Å²) in [6.07, 6.45) is 0. The Balaban J connectivity index is 2.34. The van der Waals surface area contributed by atoms with Crippen molar-refractivity contribution in [2.75, 3.05) is 0 Å². The van der Waals surface area contributed by atoms with Crippen LogP contribution >= 0.6 is 11.6 Å². The zero-order chi connectivity index (χ0) is 14.4. The molecule has 102 valence electrons. The number of rotatable bonds is 1. The Labute approximate surface area is 115 Å². The summed E-state index contributed by atoms with van der Waals surface area (Å²) in [5.41, 5.74) is -0.335. The number of imidazole rings is 1. The number of aryl methyl sites for hydroxylation is 1. The quantitative estimate of drug-likeness (QED) is 0.712. The fourth-order valence-corrected chi connectivity index (χ4v) is 2.17. The van der Waals surface area contributed by atoms with Gasteiger partial charge in [-0.25, -0.2) is 14.2 Å². The molecule has 3 aromatic rings. The lowest BCUT2D eigenvalue weighted by atomic mass is 10.2. The van der Waals surface area contributed by atoms with Crippen LogP contribution in [0.1, 0.15) is 0 Å². The molecule has 0 bridgehead atoms. The van der Waals surface area contributed by atoms with Crippen LogP contribution in [0.4, 0.5) is 4.39 Å². The van der Waals surface area contributed by atoms with E-state index in [4.69, 9.17) is 11.6 Å². The highest BCUT2D eigenvalue weighted by atomic mass is 35.5. The van der Waals surface area contributed by atoms with Crippen LogP contribution in [0.5, 0.6) is 0 Å². The van der Waals surface area contributed by atoms with E-state index in [0.717, 1.165) is 6.07 Å². The second kappa shape index (κ2) is 4.31. The van der Waals surface area contributed by atoms with Crippen LogP contribution in [-0.2, 0) is 7.05 Å². The molecule has 0 unspecified atom stereocenters. The van der Waals surface area contributed by atoms with Gasteiger partial charge in [-0.05, 0) is 18.2 Å². The molecule has 0 amide bonds. The first kappa shape index (κ1) is 12.6. The summed E-state index contributed by atoms with van der Waals surface area (Å²) in [4.78, 5) is 32.3. The summed E-state index contributed by atoms with van der Waals surface area (Å²) in [5, 5.41) is 0.158. The predicted octanol–water partition coefficient (Wildman–Crippen LogP) is 1.41. The number of aromatic amines is 2. The Bertz CT molecular complexity index is 941. The summed E-state index contributed by atoms with van der Waals surface area (Å²) in [5.74, 6) is -0.184. The summed E-state index contributed by atoms with van der Waals surface area (Å²) in [6, 6.07) is 3.83. The van der Waals surface area contributed by atoms with E-state index >= 15 is 0 Å². The van der Waals surface area contributed by atoms with Crippen molar-refractivity contribution in [2.24, 2.45) is 7.05 Å². The van der Waals surface area contributed by atoms with Crippen LogP contribution in [0, 0.1) is 5.82 Å². The van der Waals surface area contributed by atoms with Crippen molar-refractivity contribution < 1.29 is 4.39 Å². The maximum absolute atomic E-state index is 13.0. The molecule has 8 heteroatoms. The number of nitrogens with zero attached hydrogens (tertiary/aromatic N) is 2. The molecule has 6 nitrogen and oxygen atoms in total. The molecule has 0 aliphatic heterocycles. The van der Waals surface area contributed by atoms with Gasteiger partial charge in [0.2, 0.25) is 0 Å². The number of benzene rings is 1. The van der Waals surface area contributed by atoms with Crippen LogP contribution in [0.15, 0.2) is 27.8 Å². The minimum absolute atomic E-state index is 0.155. The lowest BCUT2D eigenvalue weighted by Gasteiger charge is -1.99. The molecule has 0 saturated heterocycles.